The highest BCUT2D eigenvalue weighted by Crippen LogP contribution is 2.42. The Morgan fingerprint density at radius 2 is 1.77 bits per heavy atom. The molecule has 1 aliphatic heterocycles. The molecule has 1 unspecified atom stereocenters. The molecule has 2 aromatic carbocycles. The summed E-state index contributed by atoms with van der Waals surface area (Å²) in [4.78, 5) is 51.1. The summed E-state index contributed by atoms with van der Waals surface area (Å²) >= 11 is 12.9. The Balaban J connectivity index is 1.55. The van der Waals surface area contributed by atoms with Gasteiger partial charge in [-0.2, -0.15) is 0 Å². The number of benzene rings is 2. The first-order chi connectivity index (χ1) is 20.6. The molecule has 3 N–H and O–H groups in total. The van der Waals surface area contributed by atoms with E-state index in [-0.39, 0.29) is 24.2 Å². The van der Waals surface area contributed by atoms with Crippen LogP contribution in [0.25, 0.3) is 0 Å². The van der Waals surface area contributed by atoms with Gasteiger partial charge >= 0.3 is 6.09 Å². The molecule has 4 atom stereocenters. The van der Waals surface area contributed by atoms with Crippen molar-refractivity contribution in [1.29, 1.82) is 0 Å². The maximum Gasteiger partial charge on any atom is 0.408 e. The fraction of sp³-hybridized carbons (Fsp3) is 0.515. The highest BCUT2D eigenvalue weighted by atomic mass is 35.5. The Morgan fingerprint density at radius 1 is 1.02 bits per heavy atom. The number of nitrogens with one attached hydrogen (secondary N) is 3. The Bertz CT molecular complexity index is 1300. The lowest BCUT2D eigenvalue weighted by Crippen LogP contribution is -2.52. The normalized spacial score (nSPS) is 19.5. The SMILES string of the molecule is CC(C)(c1cccc(Cl)c1)C(OC(=O)N[C@@H](CC1CCCCC1)C(=O)N[C@H](C=O)C[C@@H]1CCNC1=O)c1ccccc1Cl. The molecule has 0 spiro atoms. The Labute approximate surface area is 263 Å². The first kappa shape index (κ1) is 32.8. The van der Waals surface area contributed by atoms with Crippen LogP contribution in [0.5, 0.6) is 0 Å². The molecule has 4 rings (SSSR count). The number of carbonyl (C=O) groups is 4. The molecule has 1 heterocycles. The molecule has 232 valence electrons. The second kappa shape index (κ2) is 15.1. The van der Waals surface area contributed by atoms with Crippen molar-refractivity contribution in [2.24, 2.45) is 11.8 Å². The minimum Gasteiger partial charge on any atom is -0.440 e. The van der Waals surface area contributed by atoms with Crippen LogP contribution in [-0.2, 0) is 24.5 Å². The van der Waals surface area contributed by atoms with E-state index in [2.05, 4.69) is 16.0 Å². The van der Waals surface area contributed by atoms with Gasteiger partial charge in [0.05, 0.1) is 6.04 Å². The van der Waals surface area contributed by atoms with E-state index in [1.54, 1.807) is 18.2 Å². The maximum absolute atomic E-state index is 13.6. The number of hydrogen-bond acceptors (Lipinski definition) is 5. The number of alkyl carbamates (subject to hydrolysis) is 1. The fourth-order valence-corrected chi connectivity index (χ4v) is 6.63. The molecule has 1 aliphatic carbocycles. The first-order valence-electron chi connectivity index (χ1n) is 15.1. The van der Waals surface area contributed by atoms with E-state index in [0.717, 1.165) is 37.7 Å². The monoisotopic (exact) mass is 629 g/mol. The predicted molar refractivity (Wildman–Crippen MR) is 167 cm³/mol. The van der Waals surface area contributed by atoms with Gasteiger partial charge < -0.3 is 25.5 Å². The summed E-state index contributed by atoms with van der Waals surface area (Å²) in [7, 11) is 0. The molecule has 1 saturated carbocycles. The molecule has 3 amide bonds. The van der Waals surface area contributed by atoms with E-state index in [4.69, 9.17) is 27.9 Å². The lowest BCUT2D eigenvalue weighted by Gasteiger charge is -2.36. The molecule has 43 heavy (non-hydrogen) atoms. The van der Waals surface area contributed by atoms with Gasteiger partial charge in [-0.25, -0.2) is 4.79 Å². The molecule has 0 radical (unpaired) electrons. The van der Waals surface area contributed by atoms with E-state index in [0.29, 0.717) is 41.3 Å². The van der Waals surface area contributed by atoms with Gasteiger partial charge in [-0.05, 0) is 48.9 Å². The summed E-state index contributed by atoms with van der Waals surface area (Å²) < 4.78 is 6.12. The summed E-state index contributed by atoms with van der Waals surface area (Å²) in [6.07, 6.45) is 5.52. The smallest absolute Gasteiger partial charge is 0.408 e. The van der Waals surface area contributed by atoms with E-state index in [1.165, 1.54) is 0 Å². The second-order valence-corrected chi connectivity index (χ2v) is 13.1. The van der Waals surface area contributed by atoms with Crippen molar-refractivity contribution in [2.45, 2.75) is 88.8 Å². The van der Waals surface area contributed by atoms with E-state index < -0.39 is 35.6 Å². The van der Waals surface area contributed by atoms with Crippen LogP contribution in [0.4, 0.5) is 4.79 Å². The quantitative estimate of drug-likeness (QED) is 0.239. The van der Waals surface area contributed by atoms with Crippen LogP contribution in [0.2, 0.25) is 10.0 Å². The number of hydrogen-bond donors (Lipinski definition) is 3. The van der Waals surface area contributed by atoms with Gasteiger partial charge in [-0.15, -0.1) is 0 Å². The zero-order valence-electron chi connectivity index (χ0n) is 24.7. The average molecular weight is 631 g/mol. The van der Waals surface area contributed by atoms with Crippen molar-refractivity contribution in [1.82, 2.24) is 16.0 Å². The summed E-state index contributed by atoms with van der Waals surface area (Å²) in [6, 6.07) is 12.8. The molecule has 0 aromatic heterocycles. The summed E-state index contributed by atoms with van der Waals surface area (Å²) in [5, 5.41) is 9.34. The summed E-state index contributed by atoms with van der Waals surface area (Å²) in [5.74, 6) is -0.673. The fourth-order valence-electron chi connectivity index (χ4n) is 6.21. The molecular formula is C33H41Cl2N3O5. The van der Waals surface area contributed by atoms with Crippen LogP contribution in [-0.4, -0.2) is 42.8 Å². The third-order valence-electron chi connectivity index (χ3n) is 8.73. The highest BCUT2D eigenvalue weighted by molar-refractivity contribution is 6.31. The average Bonchev–Trinajstić information content (AvgIpc) is 3.39. The van der Waals surface area contributed by atoms with Crippen LogP contribution in [0, 0.1) is 11.8 Å². The molecular weight excluding hydrogens is 589 g/mol. The third kappa shape index (κ3) is 8.73. The van der Waals surface area contributed by atoms with Crippen LogP contribution < -0.4 is 16.0 Å². The van der Waals surface area contributed by atoms with Crippen LogP contribution >= 0.6 is 23.2 Å². The largest absolute Gasteiger partial charge is 0.440 e. The van der Waals surface area contributed by atoms with E-state index in [9.17, 15) is 19.2 Å². The van der Waals surface area contributed by atoms with Gasteiger partial charge in [-0.1, -0.05) is 99.5 Å². The van der Waals surface area contributed by atoms with Crippen LogP contribution in [0.3, 0.4) is 0 Å². The Hall–Kier alpha value is -3.10. The van der Waals surface area contributed by atoms with E-state index in [1.807, 2.05) is 44.2 Å². The van der Waals surface area contributed by atoms with Gasteiger partial charge in [0, 0.05) is 33.5 Å². The van der Waals surface area contributed by atoms with Crippen molar-refractivity contribution in [3.63, 3.8) is 0 Å². The minimum atomic E-state index is -0.920. The number of carbonyl (C=O) groups excluding carboxylic acids is 4. The molecule has 0 bridgehead atoms. The Kier molecular flexibility index (Phi) is 11.5. The highest BCUT2D eigenvalue weighted by Gasteiger charge is 2.38. The minimum absolute atomic E-state index is 0.116. The van der Waals surface area contributed by atoms with Gasteiger partial charge in [-0.3, -0.25) is 9.59 Å². The van der Waals surface area contributed by atoms with Crippen molar-refractivity contribution in [3.8, 4) is 0 Å². The van der Waals surface area contributed by atoms with E-state index >= 15 is 0 Å². The van der Waals surface area contributed by atoms with Crippen molar-refractivity contribution < 1.29 is 23.9 Å². The van der Waals surface area contributed by atoms with Crippen LogP contribution in [0.1, 0.15) is 82.4 Å². The second-order valence-electron chi connectivity index (χ2n) is 12.2. The lowest BCUT2D eigenvalue weighted by molar-refractivity contribution is -0.127. The predicted octanol–water partition coefficient (Wildman–Crippen LogP) is 6.29. The van der Waals surface area contributed by atoms with Gasteiger partial charge in [0.25, 0.3) is 0 Å². The molecule has 2 fully saturated rings. The number of rotatable bonds is 12. The van der Waals surface area contributed by atoms with Gasteiger partial charge in [0.1, 0.15) is 18.4 Å². The van der Waals surface area contributed by atoms with Crippen molar-refractivity contribution >= 4 is 47.4 Å². The number of amides is 3. The molecule has 2 aromatic rings. The Morgan fingerprint density at radius 3 is 2.42 bits per heavy atom. The number of aldehydes is 1. The number of halogens is 2. The van der Waals surface area contributed by atoms with Crippen molar-refractivity contribution in [3.05, 3.63) is 69.7 Å². The maximum atomic E-state index is 13.6. The standard InChI is InChI=1S/C33H41Cl2N3O5/c1-33(2,23-11-8-12-24(34)19-23)29(26-13-6-7-14-27(26)35)43-32(42)38-28(17-21-9-4-3-5-10-21)31(41)37-25(20-39)18-22-15-16-36-30(22)40/h6-8,11-14,19-22,25,28-29H,3-5,9-10,15-18H2,1-2H3,(H,36,40)(H,37,41)(H,38,42)/t22-,25-,28-,29?/m0/s1. The zero-order chi connectivity index (χ0) is 31.0. The number of ether oxygens (including phenoxy) is 1. The molecule has 2 aliphatic rings. The first-order valence-corrected chi connectivity index (χ1v) is 15.8. The topological polar surface area (TPSA) is 114 Å². The molecule has 8 nitrogen and oxygen atoms in total. The summed E-state index contributed by atoms with van der Waals surface area (Å²) in [5.41, 5.74) is 0.714. The summed E-state index contributed by atoms with van der Waals surface area (Å²) in [6.45, 7) is 4.44. The molecule has 10 heteroatoms. The van der Waals surface area contributed by atoms with Gasteiger partial charge in [0.2, 0.25) is 11.8 Å². The van der Waals surface area contributed by atoms with Gasteiger partial charge in [0.15, 0.2) is 0 Å². The zero-order valence-corrected chi connectivity index (χ0v) is 26.3. The molecule has 1 saturated heterocycles. The lowest BCUT2D eigenvalue weighted by atomic mass is 9.76. The van der Waals surface area contributed by atoms with Crippen LogP contribution in [0.15, 0.2) is 48.5 Å². The van der Waals surface area contributed by atoms with Crippen molar-refractivity contribution in [2.75, 3.05) is 6.54 Å². The third-order valence-corrected chi connectivity index (χ3v) is 9.31.